The van der Waals surface area contributed by atoms with Gasteiger partial charge in [-0.2, -0.15) is 0 Å². The van der Waals surface area contributed by atoms with Crippen LogP contribution < -0.4 is 0 Å². The Labute approximate surface area is 111 Å². The van der Waals surface area contributed by atoms with Gasteiger partial charge in [-0.05, 0) is 18.5 Å². The number of benzene rings is 1. The van der Waals surface area contributed by atoms with Gasteiger partial charge in [-0.1, -0.05) is 30.3 Å². The predicted molar refractivity (Wildman–Crippen MR) is 74.7 cm³/mol. The first-order chi connectivity index (χ1) is 7.71. The van der Waals surface area contributed by atoms with Crippen molar-refractivity contribution in [2.24, 2.45) is 5.92 Å². The molecule has 3 heteroatoms. The predicted octanol–water partition coefficient (Wildman–Crippen LogP) is 2.15. The Balaban J connectivity index is 2.01. The fraction of sp³-hybridized carbons (Fsp3) is 0.538. The van der Waals surface area contributed by atoms with Gasteiger partial charge in [-0.3, -0.25) is 0 Å². The van der Waals surface area contributed by atoms with E-state index in [-0.39, 0.29) is 0 Å². The number of halogens is 1. The van der Waals surface area contributed by atoms with E-state index in [9.17, 15) is 0 Å². The summed E-state index contributed by atoms with van der Waals surface area (Å²) in [6, 6.07) is 11.1. The normalized spacial score (nSPS) is 35.5. The van der Waals surface area contributed by atoms with Crippen LogP contribution in [0.1, 0.15) is 5.56 Å². The number of nitrogens with zero attached hydrogens (tertiary/aromatic N) is 2. The summed E-state index contributed by atoms with van der Waals surface area (Å²) in [4.78, 5) is 2.49. The first kappa shape index (κ1) is 11.0. The van der Waals surface area contributed by atoms with Crippen molar-refractivity contribution >= 4 is 22.9 Å². The second kappa shape index (κ2) is 3.96. The minimum atomic E-state index is 0.386. The third-order valence-corrected chi connectivity index (χ3v) is 4.82. The van der Waals surface area contributed by atoms with Gasteiger partial charge in [0, 0.05) is 54.5 Å². The lowest BCUT2D eigenvalue weighted by Crippen LogP contribution is -2.35. The molecule has 0 aliphatic carbocycles. The van der Waals surface area contributed by atoms with Crippen LogP contribution in [0.3, 0.4) is 0 Å². The van der Waals surface area contributed by atoms with Gasteiger partial charge in [-0.15, -0.1) is 0 Å². The highest BCUT2D eigenvalue weighted by atomic mass is 127. The second-order valence-electron chi connectivity index (χ2n) is 5.22. The summed E-state index contributed by atoms with van der Waals surface area (Å²) in [5.41, 5.74) is 1.92. The van der Waals surface area contributed by atoms with Crippen molar-refractivity contribution in [2.75, 3.05) is 33.2 Å². The van der Waals surface area contributed by atoms with E-state index >= 15 is 0 Å². The lowest BCUT2D eigenvalue weighted by molar-refractivity contribution is 0.351. The summed E-state index contributed by atoms with van der Waals surface area (Å²) in [6.45, 7) is 4.89. The molecular formula is C13H17IN2. The van der Waals surface area contributed by atoms with E-state index < -0.39 is 0 Å². The van der Waals surface area contributed by atoms with Crippen molar-refractivity contribution in [3.63, 3.8) is 0 Å². The molecule has 3 rings (SSSR count). The minimum absolute atomic E-state index is 0.386. The molecule has 2 aliphatic rings. The van der Waals surface area contributed by atoms with Crippen LogP contribution in [0.4, 0.5) is 0 Å². The molecule has 2 atom stereocenters. The quantitative estimate of drug-likeness (QED) is 0.576. The molecule has 2 aliphatic heterocycles. The summed E-state index contributed by atoms with van der Waals surface area (Å²) >= 11 is 2.48. The van der Waals surface area contributed by atoms with Crippen LogP contribution in [0, 0.1) is 5.92 Å². The van der Waals surface area contributed by atoms with Crippen LogP contribution in [0.25, 0.3) is 0 Å². The maximum Gasteiger partial charge on any atom is 0.0268 e. The van der Waals surface area contributed by atoms with E-state index in [1.807, 2.05) is 0 Å². The Hall–Kier alpha value is -0.130. The van der Waals surface area contributed by atoms with Gasteiger partial charge in [0.1, 0.15) is 0 Å². The van der Waals surface area contributed by atoms with Crippen LogP contribution in [0.15, 0.2) is 30.3 Å². The topological polar surface area (TPSA) is 6.48 Å². The third kappa shape index (κ3) is 1.60. The zero-order valence-electron chi connectivity index (χ0n) is 9.56. The van der Waals surface area contributed by atoms with Gasteiger partial charge in [0.05, 0.1) is 0 Å². The molecule has 0 aromatic heterocycles. The van der Waals surface area contributed by atoms with Crippen molar-refractivity contribution in [1.29, 1.82) is 0 Å². The second-order valence-corrected chi connectivity index (χ2v) is 6.58. The maximum absolute atomic E-state index is 2.49. The molecular weight excluding hydrogens is 311 g/mol. The van der Waals surface area contributed by atoms with Crippen LogP contribution in [-0.4, -0.2) is 41.2 Å². The van der Waals surface area contributed by atoms with Gasteiger partial charge in [-0.25, -0.2) is 3.11 Å². The van der Waals surface area contributed by atoms with Gasteiger partial charge in [0.2, 0.25) is 0 Å². The maximum atomic E-state index is 2.49. The number of fused-ring (bicyclic) bond motifs is 1. The van der Waals surface area contributed by atoms with E-state index in [4.69, 9.17) is 0 Å². The largest absolute Gasteiger partial charge is 0.305 e. The average Bonchev–Trinajstić information content (AvgIpc) is 2.71. The first-order valence-electron chi connectivity index (χ1n) is 5.85. The van der Waals surface area contributed by atoms with Crippen LogP contribution in [0.5, 0.6) is 0 Å². The highest BCUT2D eigenvalue weighted by Gasteiger charge is 2.51. The highest BCUT2D eigenvalue weighted by molar-refractivity contribution is 14.1. The van der Waals surface area contributed by atoms with Crippen molar-refractivity contribution < 1.29 is 0 Å². The Bertz CT molecular complexity index is 365. The van der Waals surface area contributed by atoms with Gasteiger partial charge in [0.15, 0.2) is 0 Å². The summed E-state index contributed by atoms with van der Waals surface area (Å²) in [5.74, 6) is 0.803. The van der Waals surface area contributed by atoms with Crippen LogP contribution in [-0.2, 0) is 5.41 Å². The molecule has 0 spiro atoms. The number of hydrogen-bond acceptors (Lipinski definition) is 2. The SMILES string of the molecule is CN1C[C@H]2CN(I)C[C@@]2(c2ccccc2)C1. The molecule has 0 bridgehead atoms. The average molecular weight is 328 g/mol. The molecule has 0 unspecified atom stereocenters. The lowest BCUT2D eigenvalue weighted by atomic mass is 9.75. The Kier molecular flexibility index (Phi) is 2.72. The molecule has 1 aromatic carbocycles. The van der Waals surface area contributed by atoms with Crippen molar-refractivity contribution in [1.82, 2.24) is 8.01 Å². The number of likely N-dealkylation sites (N-methyl/N-ethyl adjacent to an activating group) is 1. The van der Waals surface area contributed by atoms with Crippen molar-refractivity contribution in [3.05, 3.63) is 35.9 Å². The molecule has 86 valence electrons. The van der Waals surface area contributed by atoms with Gasteiger partial charge < -0.3 is 4.90 Å². The number of rotatable bonds is 1. The lowest BCUT2D eigenvalue weighted by Gasteiger charge is -2.28. The van der Waals surface area contributed by atoms with Crippen LogP contribution >= 0.6 is 22.9 Å². The highest BCUT2D eigenvalue weighted by Crippen LogP contribution is 2.45. The van der Waals surface area contributed by atoms with E-state index in [0.29, 0.717) is 5.41 Å². The minimum Gasteiger partial charge on any atom is -0.305 e. The molecule has 1 aromatic rings. The fourth-order valence-electron chi connectivity index (χ4n) is 3.44. The van der Waals surface area contributed by atoms with E-state index in [0.717, 1.165) is 5.92 Å². The zero-order chi connectivity index (χ0) is 11.2. The molecule has 2 heterocycles. The summed E-state index contributed by atoms with van der Waals surface area (Å²) in [6.07, 6.45) is 0. The van der Waals surface area contributed by atoms with Gasteiger partial charge in [0.25, 0.3) is 0 Å². The standard InChI is InChI=1S/C13H17IN2/c1-15-7-12-8-16(14)10-13(12,9-15)11-5-3-2-4-6-11/h2-6,12H,7-10H2,1H3/t12-,13+/m0/s1. The number of hydrogen-bond donors (Lipinski definition) is 0. The smallest absolute Gasteiger partial charge is 0.0268 e. The third-order valence-electron chi connectivity index (χ3n) is 4.09. The molecule has 0 N–H and O–H groups in total. The molecule has 2 nitrogen and oxygen atoms in total. The van der Waals surface area contributed by atoms with Crippen molar-refractivity contribution in [2.45, 2.75) is 5.41 Å². The Morgan fingerprint density at radius 3 is 2.69 bits per heavy atom. The molecule has 0 amide bonds. The Morgan fingerprint density at radius 1 is 1.19 bits per heavy atom. The van der Waals surface area contributed by atoms with E-state index in [2.05, 4.69) is 68.3 Å². The fourth-order valence-corrected chi connectivity index (χ4v) is 4.52. The molecule has 0 radical (unpaired) electrons. The summed E-state index contributed by atoms with van der Waals surface area (Å²) < 4.78 is 2.46. The monoisotopic (exact) mass is 328 g/mol. The molecule has 0 saturated carbocycles. The molecule has 2 fully saturated rings. The zero-order valence-corrected chi connectivity index (χ0v) is 11.7. The van der Waals surface area contributed by atoms with Crippen molar-refractivity contribution in [3.8, 4) is 0 Å². The van der Waals surface area contributed by atoms with E-state index in [1.165, 1.54) is 31.7 Å². The number of likely N-dealkylation sites (tertiary alicyclic amines) is 1. The Morgan fingerprint density at radius 2 is 1.94 bits per heavy atom. The van der Waals surface area contributed by atoms with Gasteiger partial charge >= 0.3 is 0 Å². The van der Waals surface area contributed by atoms with Crippen LogP contribution in [0.2, 0.25) is 0 Å². The van der Waals surface area contributed by atoms with E-state index in [1.54, 1.807) is 0 Å². The summed E-state index contributed by atoms with van der Waals surface area (Å²) in [5, 5.41) is 0. The molecule has 16 heavy (non-hydrogen) atoms. The summed E-state index contributed by atoms with van der Waals surface area (Å²) in [7, 11) is 2.25. The molecule has 2 saturated heterocycles. The first-order valence-corrected chi connectivity index (χ1v) is 6.82.